The summed E-state index contributed by atoms with van der Waals surface area (Å²) in [5.74, 6) is 0. The zero-order valence-electron chi connectivity index (χ0n) is 11.6. The van der Waals surface area contributed by atoms with Crippen LogP contribution in [0.2, 0.25) is 0 Å². The molecular weight excluding hydrogens is 273 g/mol. The van der Waals surface area contributed by atoms with Crippen LogP contribution in [0.25, 0.3) is 4.98 Å². The number of diazo groups is 1. The number of benzene rings is 1. The standard InChI is InChI=1S/C12H18N3.BF4/c1-3-9-15(10-4-2)12-7-5-11(14-13)6-8-12;2-1(3,4)5/h5-8H,3-4,9-10H2,1-2H3;/q+1;-1. The molecule has 112 valence electrons. The van der Waals surface area contributed by atoms with Crippen LogP contribution < -0.4 is 4.90 Å². The lowest BCUT2D eigenvalue weighted by Gasteiger charge is -2.23. The van der Waals surface area contributed by atoms with Crippen molar-refractivity contribution in [1.29, 1.82) is 5.39 Å². The highest BCUT2D eigenvalue weighted by molar-refractivity contribution is 6.50. The fraction of sp³-hybridized carbons (Fsp3) is 0.500. The maximum absolute atomic E-state index is 9.75. The van der Waals surface area contributed by atoms with Gasteiger partial charge in [-0.25, -0.2) is 0 Å². The number of hydrogen-bond donors (Lipinski definition) is 0. The molecule has 0 saturated heterocycles. The van der Waals surface area contributed by atoms with Crippen molar-refractivity contribution in [3.05, 3.63) is 29.2 Å². The Hall–Kier alpha value is -1.78. The van der Waals surface area contributed by atoms with Gasteiger partial charge in [0.25, 0.3) is 0 Å². The van der Waals surface area contributed by atoms with E-state index in [-0.39, 0.29) is 0 Å². The lowest BCUT2D eigenvalue weighted by Crippen LogP contribution is -2.24. The minimum Gasteiger partial charge on any atom is -0.418 e. The zero-order valence-corrected chi connectivity index (χ0v) is 11.6. The van der Waals surface area contributed by atoms with Crippen LogP contribution in [-0.4, -0.2) is 20.3 Å². The molecule has 8 heteroatoms. The van der Waals surface area contributed by atoms with Crippen molar-refractivity contribution >= 4 is 18.6 Å². The van der Waals surface area contributed by atoms with Gasteiger partial charge in [0.15, 0.2) is 4.98 Å². The van der Waals surface area contributed by atoms with E-state index in [1.165, 1.54) is 5.69 Å². The summed E-state index contributed by atoms with van der Waals surface area (Å²) in [4.78, 5) is 5.49. The molecule has 0 saturated carbocycles. The molecule has 0 aliphatic rings. The molecule has 1 rings (SSSR count). The molecule has 0 N–H and O–H groups in total. The average Bonchev–Trinajstić information content (AvgIpc) is 2.37. The zero-order chi connectivity index (χ0) is 15.6. The van der Waals surface area contributed by atoms with Gasteiger partial charge >= 0.3 is 12.9 Å². The van der Waals surface area contributed by atoms with E-state index < -0.39 is 7.25 Å². The molecule has 20 heavy (non-hydrogen) atoms. The van der Waals surface area contributed by atoms with Crippen LogP contribution >= 0.6 is 0 Å². The van der Waals surface area contributed by atoms with Crippen molar-refractivity contribution in [3.8, 4) is 0 Å². The van der Waals surface area contributed by atoms with Crippen LogP contribution in [0.3, 0.4) is 0 Å². The van der Waals surface area contributed by atoms with Gasteiger partial charge in [0.1, 0.15) is 0 Å². The molecule has 0 aliphatic heterocycles. The third-order valence-corrected chi connectivity index (χ3v) is 2.32. The topological polar surface area (TPSA) is 31.4 Å². The Balaban J connectivity index is 0.000000621. The first-order valence-corrected chi connectivity index (χ1v) is 6.39. The van der Waals surface area contributed by atoms with E-state index in [1.54, 1.807) is 0 Å². The highest BCUT2D eigenvalue weighted by Crippen LogP contribution is 2.20. The van der Waals surface area contributed by atoms with Crippen LogP contribution in [0.4, 0.5) is 28.6 Å². The predicted octanol–water partition coefficient (Wildman–Crippen LogP) is 5.10. The number of anilines is 1. The van der Waals surface area contributed by atoms with Crippen LogP contribution in [-0.2, 0) is 0 Å². The Labute approximate surface area is 116 Å². The summed E-state index contributed by atoms with van der Waals surface area (Å²) in [6.07, 6.45) is 2.29. The third kappa shape index (κ3) is 9.19. The molecule has 0 aliphatic carbocycles. The Morgan fingerprint density at radius 2 is 1.40 bits per heavy atom. The average molecular weight is 291 g/mol. The molecule has 0 bridgehead atoms. The first kappa shape index (κ1) is 18.2. The van der Waals surface area contributed by atoms with Crippen molar-refractivity contribution in [2.75, 3.05) is 18.0 Å². The molecule has 0 amide bonds. The largest absolute Gasteiger partial charge is 0.673 e. The molecule has 0 spiro atoms. The van der Waals surface area contributed by atoms with E-state index in [2.05, 4.69) is 23.7 Å². The van der Waals surface area contributed by atoms with Crippen LogP contribution in [0, 0.1) is 5.39 Å². The van der Waals surface area contributed by atoms with Gasteiger partial charge in [-0.1, -0.05) is 13.8 Å². The molecule has 0 heterocycles. The van der Waals surface area contributed by atoms with Gasteiger partial charge in [-0.2, -0.15) is 0 Å². The van der Waals surface area contributed by atoms with Crippen LogP contribution in [0.1, 0.15) is 26.7 Å². The molecule has 0 fully saturated rings. The maximum Gasteiger partial charge on any atom is 0.673 e. The normalized spacial score (nSPS) is 10.2. The van der Waals surface area contributed by atoms with Crippen molar-refractivity contribution in [2.45, 2.75) is 26.7 Å². The van der Waals surface area contributed by atoms with E-state index >= 15 is 0 Å². The quantitative estimate of drug-likeness (QED) is 0.429. The Kier molecular flexibility index (Phi) is 8.37. The fourth-order valence-corrected chi connectivity index (χ4v) is 1.64. The summed E-state index contributed by atoms with van der Waals surface area (Å²) >= 11 is 0. The molecular formula is C12H18BF4N3. The van der Waals surface area contributed by atoms with Gasteiger partial charge in [-0.3, -0.25) is 0 Å². The first-order chi connectivity index (χ1) is 9.31. The Bertz CT molecular complexity index is 402. The summed E-state index contributed by atoms with van der Waals surface area (Å²) < 4.78 is 39.0. The van der Waals surface area contributed by atoms with Gasteiger partial charge in [-0.05, 0) is 25.0 Å². The van der Waals surface area contributed by atoms with Crippen molar-refractivity contribution in [3.63, 3.8) is 0 Å². The molecule has 0 radical (unpaired) electrons. The monoisotopic (exact) mass is 291 g/mol. The van der Waals surface area contributed by atoms with Gasteiger partial charge < -0.3 is 22.2 Å². The van der Waals surface area contributed by atoms with Gasteiger partial charge in [0.2, 0.25) is 5.39 Å². The fourth-order valence-electron chi connectivity index (χ4n) is 1.64. The summed E-state index contributed by atoms with van der Waals surface area (Å²) in [6, 6.07) is 7.65. The highest BCUT2D eigenvalue weighted by atomic mass is 19.5. The van der Waals surface area contributed by atoms with Gasteiger partial charge in [0.05, 0.1) is 0 Å². The van der Waals surface area contributed by atoms with E-state index in [1.807, 2.05) is 24.3 Å². The molecule has 0 atom stereocenters. The number of rotatable bonds is 5. The molecule has 0 aromatic heterocycles. The second-order valence-electron chi connectivity index (χ2n) is 4.10. The van der Waals surface area contributed by atoms with E-state index in [0.29, 0.717) is 5.69 Å². The van der Waals surface area contributed by atoms with Gasteiger partial charge in [0, 0.05) is 30.9 Å². The lowest BCUT2D eigenvalue weighted by atomic mass is 10.2. The van der Waals surface area contributed by atoms with Crippen LogP contribution in [0.15, 0.2) is 24.3 Å². The summed E-state index contributed by atoms with van der Waals surface area (Å²) in [7, 11) is -6.00. The van der Waals surface area contributed by atoms with E-state index in [4.69, 9.17) is 5.39 Å². The maximum atomic E-state index is 9.75. The molecule has 1 aromatic carbocycles. The summed E-state index contributed by atoms with van der Waals surface area (Å²) in [6.45, 7) is 6.51. The molecule has 1 aromatic rings. The second-order valence-corrected chi connectivity index (χ2v) is 4.10. The molecule has 3 nitrogen and oxygen atoms in total. The predicted molar refractivity (Wildman–Crippen MR) is 74.2 cm³/mol. The lowest BCUT2D eigenvalue weighted by molar-refractivity contribution is 0.368. The smallest absolute Gasteiger partial charge is 0.418 e. The van der Waals surface area contributed by atoms with Crippen molar-refractivity contribution in [2.24, 2.45) is 0 Å². The van der Waals surface area contributed by atoms with Crippen molar-refractivity contribution < 1.29 is 17.3 Å². The molecule has 0 unspecified atom stereocenters. The van der Waals surface area contributed by atoms with E-state index in [9.17, 15) is 17.3 Å². The number of nitrogens with zero attached hydrogens (tertiary/aromatic N) is 3. The summed E-state index contributed by atoms with van der Waals surface area (Å²) in [5, 5.41) is 8.59. The number of halogens is 4. The SMILES string of the molecule is CCCN(CCC)c1ccc([N+]#N)cc1.F[B-](F)(F)F. The minimum absolute atomic E-state index is 0.603. The van der Waals surface area contributed by atoms with Crippen molar-refractivity contribution in [1.82, 2.24) is 0 Å². The van der Waals surface area contributed by atoms with E-state index in [0.717, 1.165) is 25.9 Å². The second kappa shape index (κ2) is 9.18. The Morgan fingerprint density at radius 3 is 1.70 bits per heavy atom. The summed E-state index contributed by atoms with van der Waals surface area (Å²) in [5.41, 5.74) is 1.80. The van der Waals surface area contributed by atoms with Gasteiger partial charge in [-0.15, -0.1) is 0 Å². The third-order valence-electron chi connectivity index (χ3n) is 2.32. The highest BCUT2D eigenvalue weighted by Gasteiger charge is 2.20. The van der Waals surface area contributed by atoms with Crippen LogP contribution in [0.5, 0.6) is 0 Å². The minimum atomic E-state index is -6.00. The first-order valence-electron chi connectivity index (χ1n) is 6.39. The number of hydrogen-bond acceptors (Lipinski definition) is 2. The Morgan fingerprint density at radius 1 is 1.00 bits per heavy atom.